The zero-order valence-corrected chi connectivity index (χ0v) is 8.91. The van der Waals surface area contributed by atoms with Crippen LogP contribution in [0.2, 0.25) is 0 Å². The lowest BCUT2D eigenvalue weighted by molar-refractivity contribution is -0.134. The van der Waals surface area contributed by atoms with E-state index in [1.54, 1.807) is 6.07 Å². The fraction of sp³-hybridized carbons (Fsp3) is 0.111. The number of esters is 1. The number of hydrogen-bond acceptors (Lipinski definition) is 4. The lowest BCUT2D eigenvalue weighted by Gasteiger charge is -1.92. The molecule has 1 rings (SSSR count). The molecule has 0 aliphatic heterocycles. The summed E-state index contributed by atoms with van der Waals surface area (Å²) in [4.78, 5) is 21.6. The molecule has 0 radical (unpaired) electrons. The van der Waals surface area contributed by atoms with Crippen LogP contribution < -0.4 is 5.63 Å². The number of ether oxygens (including phenoxy) is 1. The van der Waals surface area contributed by atoms with E-state index in [0.29, 0.717) is 10.0 Å². The predicted molar refractivity (Wildman–Crippen MR) is 53.7 cm³/mol. The minimum atomic E-state index is -0.465. The first kappa shape index (κ1) is 10.7. The molecule has 5 heteroatoms. The summed E-state index contributed by atoms with van der Waals surface area (Å²) in [5.41, 5.74) is 0.141. The zero-order valence-electron chi connectivity index (χ0n) is 7.32. The van der Waals surface area contributed by atoms with E-state index in [0.717, 1.165) is 0 Å². The van der Waals surface area contributed by atoms with Crippen molar-refractivity contribution in [2.45, 2.75) is 0 Å². The smallest absolute Gasteiger partial charge is 0.350 e. The van der Waals surface area contributed by atoms with Gasteiger partial charge in [-0.2, -0.15) is 0 Å². The van der Waals surface area contributed by atoms with Gasteiger partial charge in [0.15, 0.2) is 0 Å². The van der Waals surface area contributed by atoms with Gasteiger partial charge in [0.2, 0.25) is 0 Å². The quantitative estimate of drug-likeness (QED) is 0.597. The molecule has 1 heterocycles. The number of carbonyl (C=O) groups is 1. The van der Waals surface area contributed by atoms with E-state index in [9.17, 15) is 9.59 Å². The van der Waals surface area contributed by atoms with Crippen LogP contribution in [0, 0.1) is 0 Å². The average Bonchev–Trinajstić information content (AvgIpc) is 2.19. The summed E-state index contributed by atoms with van der Waals surface area (Å²) >= 11 is 3.01. The van der Waals surface area contributed by atoms with Gasteiger partial charge in [-0.3, -0.25) is 0 Å². The Kier molecular flexibility index (Phi) is 3.64. The molecule has 14 heavy (non-hydrogen) atoms. The highest BCUT2D eigenvalue weighted by Crippen LogP contribution is 2.08. The topological polar surface area (TPSA) is 56.5 Å². The monoisotopic (exact) mass is 258 g/mol. The molecule has 0 fully saturated rings. The summed E-state index contributed by atoms with van der Waals surface area (Å²) in [5, 5.41) is 0. The van der Waals surface area contributed by atoms with Crippen LogP contribution in [0.5, 0.6) is 0 Å². The van der Waals surface area contributed by atoms with Crippen molar-refractivity contribution in [1.82, 2.24) is 0 Å². The molecule has 74 valence electrons. The molecule has 4 nitrogen and oxygen atoms in total. The van der Waals surface area contributed by atoms with Gasteiger partial charge in [0.05, 0.1) is 7.11 Å². The van der Waals surface area contributed by atoms with Gasteiger partial charge in [-0.1, -0.05) is 0 Å². The highest BCUT2D eigenvalue weighted by atomic mass is 79.9. The Bertz CT molecular complexity index is 419. The van der Waals surface area contributed by atoms with Crippen LogP contribution >= 0.6 is 15.9 Å². The summed E-state index contributed by atoms with van der Waals surface area (Å²) in [6.45, 7) is 0. The van der Waals surface area contributed by atoms with Crippen LogP contribution in [-0.2, 0) is 9.53 Å². The first-order chi connectivity index (χ1) is 6.63. The number of rotatable bonds is 2. The Morgan fingerprint density at radius 1 is 1.64 bits per heavy atom. The SMILES string of the molecule is COC(=O)/C=C/c1coc(=O)c(Br)c1. The van der Waals surface area contributed by atoms with E-state index in [-0.39, 0.29) is 0 Å². The van der Waals surface area contributed by atoms with E-state index in [1.807, 2.05) is 0 Å². The minimum Gasteiger partial charge on any atom is -0.466 e. The van der Waals surface area contributed by atoms with Gasteiger partial charge in [-0.15, -0.1) is 0 Å². The van der Waals surface area contributed by atoms with Gasteiger partial charge in [0.25, 0.3) is 0 Å². The minimum absolute atomic E-state index is 0.310. The first-order valence-electron chi connectivity index (χ1n) is 3.68. The van der Waals surface area contributed by atoms with E-state index in [4.69, 9.17) is 0 Å². The lowest BCUT2D eigenvalue weighted by Crippen LogP contribution is -1.98. The molecule has 0 spiro atoms. The van der Waals surface area contributed by atoms with E-state index in [2.05, 4.69) is 25.1 Å². The van der Waals surface area contributed by atoms with E-state index in [1.165, 1.54) is 25.5 Å². The lowest BCUT2D eigenvalue weighted by atomic mass is 10.3. The molecule has 0 aliphatic rings. The fourth-order valence-corrected chi connectivity index (χ4v) is 1.09. The number of carbonyl (C=O) groups excluding carboxylic acids is 1. The zero-order chi connectivity index (χ0) is 10.6. The average molecular weight is 259 g/mol. The second-order valence-corrected chi connectivity index (χ2v) is 3.23. The van der Waals surface area contributed by atoms with Crippen LogP contribution in [0.3, 0.4) is 0 Å². The Balaban J connectivity index is 2.88. The third-order valence-electron chi connectivity index (χ3n) is 1.40. The Hall–Kier alpha value is -1.36. The van der Waals surface area contributed by atoms with Crippen molar-refractivity contribution in [2.24, 2.45) is 0 Å². The number of halogens is 1. The van der Waals surface area contributed by atoms with Crippen LogP contribution in [0.25, 0.3) is 6.08 Å². The van der Waals surface area contributed by atoms with Gasteiger partial charge in [0.1, 0.15) is 10.7 Å². The molecule has 0 saturated carbocycles. The predicted octanol–water partition coefficient (Wildman–Crippen LogP) is 1.59. The molecule has 1 aromatic heterocycles. The van der Waals surface area contributed by atoms with Crippen molar-refractivity contribution in [3.63, 3.8) is 0 Å². The van der Waals surface area contributed by atoms with Crippen molar-refractivity contribution in [3.05, 3.63) is 38.9 Å². The molecule has 0 aromatic carbocycles. The summed E-state index contributed by atoms with van der Waals surface area (Å²) in [5.74, 6) is -0.465. The van der Waals surface area contributed by atoms with E-state index >= 15 is 0 Å². The number of hydrogen-bond donors (Lipinski definition) is 0. The second-order valence-electron chi connectivity index (χ2n) is 2.37. The van der Waals surface area contributed by atoms with Gasteiger partial charge >= 0.3 is 11.6 Å². The molecule has 0 aliphatic carbocycles. The summed E-state index contributed by atoms with van der Waals surface area (Å²) < 4.78 is 9.35. The standard InChI is InChI=1S/C9H7BrO4/c1-13-8(11)3-2-6-4-7(10)9(12)14-5-6/h2-5H,1H3/b3-2+. The van der Waals surface area contributed by atoms with Crippen molar-refractivity contribution < 1.29 is 13.9 Å². The van der Waals surface area contributed by atoms with Crippen molar-refractivity contribution in [1.29, 1.82) is 0 Å². The second kappa shape index (κ2) is 4.76. The fourth-order valence-electron chi connectivity index (χ4n) is 0.737. The molecule has 0 saturated heterocycles. The van der Waals surface area contributed by atoms with Crippen LogP contribution in [0.15, 0.2) is 32.1 Å². The Morgan fingerprint density at radius 3 is 2.93 bits per heavy atom. The van der Waals surface area contributed by atoms with Gasteiger partial charge < -0.3 is 9.15 Å². The summed E-state index contributed by atoms with van der Waals surface area (Å²) in [6.07, 6.45) is 3.98. The van der Waals surface area contributed by atoms with Crippen molar-refractivity contribution in [2.75, 3.05) is 7.11 Å². The third-order valence-corrected chi connectivity index (χ3v) is 1.96. The largest absolute Gasteiger partial charge is 0.466 e. The van der Waals surface area contributed by atoms with Crippen LogP contribution in [0.4, 0.5) is 0 Å². The van der Waals surface area contributed by atoms with Gasteiger partial charge in [0, 0.05) is 11.6 Å². The van der Waals surface area contributed by atoms with Crippen LogP contribution in [0.1, 0.15) is 5.56 Å². The molecule has 0 N–H and O–H groups in total. The summed E-state index contributed by atoms with van der Waals surface area (Å²) in [7, 11) is 1.29. The van der Waals surface area contributed by atoms with E-state index < -0.39 is 11.6 Å². The maximum atomic E-state index is 10.8. The summed E-state index contributed by atoms with van der Waals surface area (Å²) in [6, 6.07) is 1.55. The Labute approximate surface area is 88.3 Å². The maximum Gasteiger partial charge on any atom is 0.350 e. The molecule has 0 unspecified atom stereocenters. The third kappa shape index (κ3) is 2.85. The van der Waals surface area contributed by atoms with Crippen LogP contribution in [-0.4, -0.2) is 13.1 Å². The van der Waals surface area contributed by atoms with Gasteiger partial charge in [-0.25, -0.2) is 9.59 Å². The van der Waals surface area contributed by atoms with Crippen molar-refractivity contribution >= 4 is 28.0 Å². The molecule has 1 aromatic rings. The highest BCUT2D eigenvalue weighted by Gasteiger charge is 1.98. The number of methoxy groups -OCH3 is 1. The van der Waals surface area contributed by atoms with Crippen molar-refractivity contribution in [3.8, 4) is 0 Å². The molecule has 0 atom stereocenters. The molecule has 0 amide bonds. The van der Waals surface area contributed by atoms with Gasteiger partial charge in [-0.05, 0) is 28.1 Å². The maximum absolute atomic E-state index is 10.8. The highest BCUT2D eigenvalue weighted by molar-refractivity contribution is 9.10. The molecular formula is C9H7BrO4. The molecule has 0 bridgehead atoms. The first-order valence-corrected chi connectivity index (χ1v) is 4.47. The Morgan fingerprint density at radius 2 is 2.36 bits per heavy atom. The normalized spacial score (nSPS) is 10.4. The molecular weight excluding hydrogens is 252 g/mol.